The van der Waals surface area contributed by atoms with Crippen molar-refractivity contribution in [3.63, 3.8) is 0 Å². The van der Waals surface area contributed by atoms with E-state index in [1.807, 2.05) is 31.2 Å². The molecule has 0 spiro atoms. The normalized spacial score (nSPS) is 13.8. The third kappa shape index (κ3) is 3.41. The minimum atomic E-state index is -0.831. The molecule has 2 aromatic rings. The topological polar surface area (TPSA) is 37.3 Å². The first-order chi connectivity index (χ1) is 9.49. The Labute approximate surface area is 131 Å². The van der Waals surface area contributed by atoms with Crippen LogP contribution in [0.25, 0.3) is 0 Å². The van der Waals surface area contributed by atoms with Crippen LogP contribution >= 0.6 is 27.5 Å². The molecule has 2 rings (SSSR count). The molecule has 2 nitrogen and oxygen atoms in total. The first-order valence-corrected chi connectivity index (χ1v) is 7.40. The fourth-order valence-corrected chi connectivity index (χ4v) is 2.66. The number of rotatable bonds is 4. The second kappa shape index (κ2) is 6.42. The molecule has 0 amide bonds. The van der Waals surface area contributed by atoms with Gasteiger partial charge in [0.25, 0.3) is 0 Å². The van der Waals surface area contributed by atoms with E-state index in [4.69, 9.17) is 11.6 Å². The van der Waals surface area contributed by atoms with Crippen molar-refractivity contribution in [2.45, 2.75) is 18.8 Å². The average Bonchev–Trinajstić information content (AvgIpc) is 2.41. The second-order valence-electron chi connectivity index (χ2n) is 4.71. The molecule has 0 saturated heterocycles. The highest BCUT2D eigenvalue weighted by Gasteiger charge is 2.27. The van der Waals surface area contributed by atoms with Gasteiger partial charge in [-0.3, -0.25) is 4.79 Å². The van der Waals surface area contributed by atoms with Crippen molar-refractivity contribution < 1.29 is 9.90 Å². The van der Waals surface area contributed by atoms with E-state index in [1.54, 1.807) is 24.3 Å². The van der Waals surface area contributed by atoms with Crippen molar-refractivity contribution in [3.05, 3.63) is 69.2 Å². The first-order valence-electron chi connectivity index (χ1n) is 6.23. The first kappa shape index (κ1) is 15.1. The molecule has 0 aliphatic heterocycles. The summed E-state index contributed by atoms with van der Waals surface area (Å²) in [5, 5.41) is 10.1. The number of hydrogen-bond acceptors (Lipinski definition) is 1. The van der Waals surface area contributed by atoms with Gasteiger partial charge in [-0.1, -0.05) is 58.7 Å². The number of carbonyl (C=O) groups is 1. The van der Waals surface area contributed by atoms with Crippen LogP contribution in [0.3, 0.4) is 0 Å². The fraction of sp³-hybridized carbons (Fsp3) is 0.188. The SMILES string of the molecule is CC(c1ccc(Br)cc1)C(C(=O)O)c1ccc(Cl)cc1. The van der Waals surface area contributed by atoms with Crippen molar-refractivity contribution in [1.82, 2.24) is 0 Å². The molecule has 2 aromatic carbocycles. The summed E-state index contributed by atoms with van der Waals surface area (Å²) in [4.78, 5) is 11.6. The van der Waals surface area contributed by atoms with Gasteiger partial charge in [0.05, 0.1) is 5.92 Å². The molecular formula is C16H14BrClO2. The van der Waals surface area contributed by atoms with Crippen LogP contribution in [-0.4, -0.2) is 11.1 Å². The number of carboxylic acid groups (broad SMARTS) is 1. The zero-order chi connectivity index (χ0) is 14.7. The van der Waals surface area contributed by atoms with Gasteiger partial charge >= 0.3 is 5.97 Å². The van der Waals surface area contributed by atoms with E-state index in [1.165, 1.54) is 0 Å². The number of aliphatic carboxylic acids is 1. The molecule has 2 atom stereocenters. The molecule has 0 saturated carbocycles. The minimum absolute atomic E-state index is 0.123. The molecule has 0 aliphatic carbocycles. The van der Waals surface area contributed by atoms with E-state index >= 15 is 0 Å². The smallest absolute Gasteiger partial charge is 0.311 e. The lowest BCUT2D eigenvalue weighted by Crippen LogP contribution is -2.18. The summed E-state index contributed by atoms with van der Waals surface area (Å²) >= 11 is 9.24. The van der Waals surface area contributed by atoms with Gasteiger partial charge in [0, 0.05) is 9.50 Å². The van der Waals surface area contributed by atoms with Crippen LogP contribution < -0.4 is 0 Å². The van der Waals surface area contributed by atoms with Crippen molar-refractivity contribution in [2.75, 3.05) is 0 Å². The Kier molecular flexibility index (Phi) is 4.84. The molecule has 0 aliphatic rings. The maximum Gasteiger partial charge on any atom is 0.311 e. The van der Waals surface area contributed by atoms with Crippen LogP contribution in [0.15, 0.2) is 53.0 Å². The molecule has 0 radical (unpaired) electrons. The lowest BCUT2D eigenvalue weighted by Gasteiger charge is -2.21. The summed E-state index contributed by atoms with van der Waals surface area (Å²) in [6.07, 6.45) is 0. The van der Waals surface area contributed by atoms with Gasteiger partial charge < -0.3 is 5.11 Å². The molecule has 104 valence electrons. The molecule has 0 aromatic heterocycles. The molecule has 20 heavy (non-hydrogen) atoms. The number of carboxylic acids is 1. The van der Waals surface area contributed by atoms with E-state index < -0.39 is 11.9 Å². The summed E-state index contributed by atoms with van der Waals surface area (Å²) < 4.78 is 0.979. The average molecular weight is 354 g/mol. The van der Waals surface area contributed by atoms with Gasteiger partial charge in [-0.15, -0.1) is 0 Å². The van der Waals surface area contributed by atoms with Crippen molar-refractivity contribution in [3.8, 4) is 0 Å². The van der Waals surface area contributed by atoms with Crippen LogP contribution in [0, 0.1) is 0 Å². The highest BCUT2D eigenvalue weighted by Crippen LogP contribution is 2.34. The van der Waals surface area contributed by atoms with Crippen LogP contribution in [0.4, 0.5) is 0 Å². The van der Waals surface area contributed by atoms with E-state index in [-0.39, 0.29) is 5.92 Å². The highest BCUT2D eigenvalue weighted by atomic mass is 79.9. The van der Waals surface area contributed by atoms with E-state index in [0.717, 1.165) is 15.6 Å². The largest absolute Gasteiger partial charge is 0.481 e. The summed E-state index contributed by atoms with van der Waals surface area (Å²) in [6, 6.07) is 14.7. The monoisotopic (exact) mass is 352 g/mol. The lowest BCUT2D eigenvalue weighted by atomic mass is 9.83. The molecular weight excluding hydrogens is 340 g/mol. The standard InChI is InChI=1S/C16H14BrClO2/c1-10(11-2-6-13(17)7-3-11)15(16(19)20)12-4-8-14(18)9-5-12/h2-10,15H,1H3,(H,19,20). The zero-order valence-electron chi connectivity index (χ0n) is 10.9. The van der Waals surface area contributed by atoms with Crippen molar-refractivity contribution in [2.24, 2.45) is 0 Å². The van der Waals surface area contributed by atoms with Gasteiger partial charge in [-0.2, -0.15) is 0 Å². The predicted molar refractivity (Wildman–Crippen MR) is 84.4 cm³/mol. The molecule has 2 unspecified atom stereocenters. The number of benzene rings is 2. The van der Waals surface area contributed by atoms with Gasteiger partial charge in [0.2, 0.25) is 0 Å². The van der Waals surface area contributed by atoms with Crippen molar-refractivity contribution >= 4 is 33.5 Å². The minimum Gasteiger partial charge on any atom is -0.481 e. The van der Waals surface area contributed by atoms with E-state index in [0.29, 0.717) is 5.02 Å². The fourth-order valence-electron chi connectivity index (χ4n) is 2.27. The molecule has 0 fully saturated rings. The highest BCUT2D eigenvalue weighted by molar-refractivity contribution is 9.10. The Bertz CT molecular complexity index is 593. The third-order valence-electron chi connectivity index (χ3n) is 3.39. The van der Waals surface area contributed by atoms with Crippen molar-refractivity contribution in [1.29, 1.82) is 0 Å². The van der Waals surface area contributed by atoms with E-state index in [9.17, 15) is 9.90 Å². The third-order valence-corrected chi connectivity index (χ3v) is 4.17. The molecule has 1 N–H and O–H groups in total. The van der Waals surface area contributed by atoms with Gasteiger partial charge in [0.15, 0.2) is 0 Å². The maximum absolute atomic E-state index is 11.6. The zero-order valence-corrected chi connectivity index (χ0v) is 13.2. The van der Waals surface area contributed by atoms with Gasteiger partial charge in [-0.05, 0) is 41.3 Å². The maximum atomic E-state index is 11.6. The summed E-state index contributed by atoms with van der Waals surface area (Å²) in [5.74, 6) is -1.54. The van der Waals surface area contributed by atoms with Gasteiger partial charge in [-0.25, -0.2) is 0 Å². The molecule has 0 bridgehead atoms. The Morgan fingerprint density at radius 3 is 2.05 bits per heavy atom. The summed E-state index contributed by atoms with van der Waals surface area (Å²) in [6.45, 7) is 1.93. The Balaban J connectivity index is 2.35. The van der Waals surface area contributed by atoms with Crippen LogP contribution in [0.1, 0.15) is 29.9 Å². The Hall–Kier alpha value is -1.32. The van der Waals surface area contributed by atoms with Crippen LogP contribution in [-0.2, 0) is 4.79 Å². The Morgan fingerprint density at radius 2 is 1.55 bits per heavy atom. The molecule has 0 heterocycles. The summed E-state index contributed by atoms with van der Waals surface area (Å²) in [7, 11) is 0. The lowest BCUT2D eigenvalue weighted by molar-refractivity contribution is -0.139. The van der Waals surface area contributed by atoms with E-state index in [2.05, 4.69) is 15.9 Å². The predicted octanol–water partition coefficient (Wildman–Crippen LogP) is 5.07. The van der Waals surface area contributed by atoms with Crippen LogP contribution in [0.2, 0.25) is 5.02 Å². The van der Waals surface area contributed by atoms with Crippen LogP contribution in [0.5, 0.6) is 0 Å². The second-order valence-corrected chi connectivity index (χ2v) is 6.06. The summed E-state index contributed by atoms with van der Waals surface area (Å²) in [5.41, 5.74) is 1.76. The number of halogens is 2. The number of hydrogen-bond donors (Lipinski definition) is 1. The quantitative estimate of drug-likeness (QED) is 0.832. The van der Waals surface area contributed by atoms with Gasteiger partial charge in [0.1, 0.15) is 0 Å². The molecule has 4 heteroatoms. The Morgan fingerprint density at radius 1 is 1.05 bits per heavy atom.